The van der Waals surface area contributed by atoms with Gasteiger partial charge in [0.25, 0.3) is 0 Å². The Kier molecular flexibility index (Phi) is 7.86. The molecule has 0 radical (unpaired) electrons. The Balaban J connectivity index is 0.00000312. The highest BCUT2D eigenvalue weighted by atomic mass is 35.5. The molecule has 1 saturated heterocycles. The van der Waals surface area contributed by atoms with Crippen LogP contribution in [-0.4, -0.2) is 37.3 Å². The molecule has 0 saturated carbocycles. The van der Waals surface area contributed by atoms with Gasteiger partial charge < -0.3 is 5.32 Å². The minimum Gasteiger partial charge on any atom is -0.314 e. The summed E-state index contributed by atoms with van der Waals surface area (Å²) in [4.78, 5) is 1.75. The van der Waals surface area contributed by atoms with Crippen LogP contribution in [0.3, 0.4) is 0 Å². The summed E-state index contributed by atoms with van der Waals surface area (Å²) in [5, 5.41) is 2.55. The molecule has 2 rings (SSSR count). The second-order valence-corrected chi connectivity index (χ2v) is 6.04. The van der Waals surface area contributed by atoms with Crippen molar-refractivity contribution >= 4 is 24.0 Å². The van der Waals surface area contributed by atoms with Gasteiger partial charge in [0.1, 0.15) is 0 Å². The lowest BCUT2D eigenvalue weighted by molar-refractivity contribution is -0.139. The maximum Gasteiger partial charge on any atom is 0.417 e. The fraction of sp³-hybridized carbons (Fsp3) is 0.600. The zero-order valence-electron chi connectivity index (χ0n) is 13.1. The van der Waals surface area contributed by atoms with E-state index in [1.165, 1.54) is 12.1 Å². The summed E-state index contributed by atoms with van der Waals surface area (Å²) in [6.45, 7) is 2.04. The Morgan fingerprint density at radius 3 is 2.20 bits per heavy atom. The molecule has 0 spiro atoms. The van der Waals surface area contributed by atoms with Gasteiger partial charge in [0.05, 0.1) is 10.6 Å². The molecule has 1 aliphatic heterocycles. The average Bonchev–Trinajstić information content (AvgIpc) is 2.48. The average molecular weight is 411 g/mol. The molecule has 0 unspecified atom stereocenters. The number of alkyl halides is 6. The Bertz CT molecular complexity index is 556. The van der Waals surface area contributed by atoms with Crippen molar-refractivity contribution in [3.05, 3.63) is 34.3 Å². The van der Waals surface area contributed by atoms with Crippen molar-refractivity contribution in [1.29, 1.82) is 0 Å². The van der Waals surface area contributed by atoms with Crippen LogP contribution in [0.25, 0.3) is 0 Å². The Morgan fingerprint density at radius 2 is 1.68 bits per heavy atom. The Morgan fingerprint density at radius 1 is 1.08 bits per heavy atom. The van der Waals surface area contributed by atoms with Crippen molar-refractivity contribution in [2.45, 2.75) is 31.2 Å². The van der Waals surface area contributed by atoms with Crippen molar-refractivity contribution in [3.8, 4) is 0 Å². The van der Waals surface area contributed by atoms with E-state index in [0.717, 1.165) is 6.07 Å². The number of rotatable bonds is 4. The van der Waals surface area contributed by atoms with Crippen LogP contribution in [-0.2, 0) is 6.18 Å². The van der Waals surface area contributed by atoms with Gasteiger partial charge in [0.2, 0.25) is 0 Å². The third-order valence-electron chi connectivity index (χ3n) is 3.99. The van der Waals surface area contributed by atoms with Crippen LogP contribution in [0.1, 0.15) is 30.0 Å². The Labute approximate surface area is 152 Å². The van der Waals surface area contributed by atoms with E-state index in [4.69, 9.17) is 11.6 Å². The highest BCUT2D eigenvalue weighted by molar-refractivity contribution is 6.32. The van der Waals surface area contributed by atoms with Gasteiger partial charge in [0.15, 0.2) is 0 Å². The van der Waals surface area contributed by atoms with E-state index in [0.29, 0.717) is 26.2 Å². The maximum absolute atomic E-state index is 13.0. The van der Waals surface area contributed by atoms with Crippen LogP contribution in [0.4, 0.5) is 26.3 Å². The Hall–Kier alpha value is -0.700. The minimum absolute atomic E-state index is 0. The zero-order valence-corrected chi connectivity index (χ0v) is 14.6. The molecule has 1 heterocycles. The van der Waals surface area contributed by atoms with E-state index in [9.17, 15) is 26.3 Å². The monoisotopic (exact) mass is 410 g/mol. The van der Waals surface area contributed by atoms with Crippen molar-refractivity contribution in [2.75, 3.05) is 26.2 Å². The second-order valence-electron chi connectivity index (χ2n) is 5.66. The number of piperazine rings is 1. The van der Waals surface area contributed by atoms with E-state index in [-0.39, 0.29) is 24.4 Å². The standard InChI is InChI=1S/C15H17ClF6N2.ClH/c16-13-10(2-1-3-11(13)15(20,21)22)12(4-5-14(17,18)19)24-8-6-23-7-9-24;/h1-3,12,23H,4-9H2;1H/t12-;/m1./s1. The lowest BCUT2D eigenvalue weighted by Crippen LogP contribution is -2.45. The number of hydrogen-bond acceptors (Lipinski definition) is 2. The molecular formula is C15H18Cl2F6N2. The minimum atomic E-state index is -4.65. The molecule has 1 aliphatic rings. The van der Waals surface area contributed by atoms with Crippen LogP contribution in [0.15, 0.2) is 18.2 Å². The van der Waals surface area contributed by atoms with E-state index >= 15 is 0 Å². The first-order chi connectivity index (χ1) is 11.1. The molecule has 25 heavy (non-hydrogen) atoms. The molecule has 1 N–H and O–H groups in total. The molecule has 0 bridgehead atoms. The summed E-state index contributed by atoms with van der Waals surface area (Å²) in [6, 6.07) is 2.60. The van der Waals surface area contributed by atoms with Gasteiger partial charge in [-0.2, -0.15) is 26.3 Å². The third kappa shape index (κ3) is 6.20. The summed E-state index contributed by atoms with van der Waals surface area (Å²) >= 11 is 5.91. The van der Waals surface area contributed by atoms with Gasteiger partial charge in [0, 0.05) is 38.6 Å². The summed E-state index contributed by atoms with van der Waals surface area (Å²) in [7, 11) is 0. The molecule has 1 atom stereocenters. The van der Waals surface area contributed by atoms with Gasteiger partial charge in [-0.25, -0.2) is 0 Å². The van der Waals surface area contributed by atoms with Gasteiger partial charge in [-0.15, -0.1) is 12.4 Å². The number of benzene rings is 1. The van der Waals surface area contributed by atoms with E-state index in [1.807, 2.05) is 0 Å². The molecule has 1 fully saturated rings. The quantitative estimate of drug-likeness (QED) is 0.697. The molecule has 1 aromatic rings. The van der Waals surface area contributed by atoms with Crippen LogP contribution >= 0.6 is 24.0 Å². The third-order valence-corrected chi connectivity index (χ3v) is 4.41. The van der Waals surface area contributed by atoms with E-state index < -0.39 is 35.4 Å². The predicted molar refractivity (Wildman–Crippen MR) is 86.2 cm³/mol. The first kappa shape index (κ1) is 22.3. The van der Waals surface area contributed by atoms with Crippen LogP contribution in [0, 0.1) is 0 Å². The first-order valence-electron chi connectivity index (χ1n) is 7.47. The number of nitrogens with zero attached hydrogens (tertiary/aromatic N) is 1. The van der Waals surface area contributed by atoms with Crippen molar-refractivity contribution < 1.29 is 26.3 Å². The maximum atomic E-state index is 13.0. The van der Waals surface area contributed by atoms with Crippen molar-refractivity contribution in [1.82, 2.24) is 10.2 Å². The lowest BCUT2D eigenvalue weighted by atomic mass is 9.97. The summed E-state index contributed by atoms with van der Waals surface area (Å²) in [6.07, 6.45) is -10.4. The van der Waals surface area contributed by atoms with Crippen molar-refractivity contribution in [3.63, 3.8) is 0 Å². The number of halogens is 8. The first-order valence-corrected chi connectivity index (χ1v) is 7.84. The topological polar surface area (TPSA) is 15.3 Å². The smallest absolute Gasteiger partial charge is 0.314 e. The molecule has 2 nitrogen and oxygen atoms in total. The predicted octanol–water partition coefficient (Wildman–Crippen LogP) is 5.07. The van der Waals surface area contributed by atoms with Gasteiger partial charge in [-0.1, -0.05) is 23.7 Å². The fourth-order valence-corrected chi connectivity index (χ4v) is 3.21. The second kappa shape index (κ2) is 8.79. The van der Waals surface area contributed by atoms with Gasteiger partial charge >= 0.3 is 12.4 Å². The van der Waals surface area contributed by atoms with E-state index in [2.05, 4.69) is 5.32 Å². The molecule has 0 aliphatic carbocycles. The number of nitrogens with one attached hydrogen (secondary N) is 1. The molecule has 0 aromatic heterocycles. The van der Waals surface area contributed by atoms with Crippen molar-refractivity contribution in [2.24, 2.45) is 0 Å². The normalized spacial score (nSPS) is 17.9. The molecular weight excluding hydrogens is 393 g/mol. The molecule has 0 amide bonds. The van der Waals surface area contributed by atoms with Crippen LogP contribution < -0.4 is 5.32 Å². The highest BCUT2D eigenvalue weighted by Crippen LogP contribution is 2.41. The summed E-state index contributed by atoms with van der Waals surface area (Å²) < 4.78 is 76.9. The molecule has 10 heteroatoms. The van der Waals surface area contributed by atoms with Gasteiger partial charge in [-0.05, 0) is 18.1 Å². The van der Waals surface area contributed by atoms with E-state index in [1.54, 1.807) is 4.90 Å². The highest BCUT2D eigenvalue weighted by Gasteiger charge is 2.37. The lowest BCUT2D eigenvalue weighted by Gasteiger charge is -2.36. The van der Waals surface area contributed by atoms with Gasteiger partial charge in [-0.3, -0.25) is 4.90 Å². The fourth-order valence-electron chi connectivity index (χ4n) is 2.86. The summed E-state index contributed by atoms with van der Waals surface area (Å²) in [5.74, 6) is 0. The zero-order chi connectivity index (χ0) is 18.0. The SMILES string of the molecule is Cl.FC(F)(F)CC[C@H](c1cccc(C(F)(F)F)c1Cl)N1CCNCC1. The van der Waals surface area contributed by atoms with Crippen LogP contribution in [0.2, 0.25) is 5.02 Å². The largest absolute Gasteiger partial charge is 0.417 e. The molecule has 1 aromatic carbocycles. The molecule has 144 valence electrons. The van der Waals surface area contributed by atoms with Crippen LogP contribution in [0.5, 0.6) is 0 Å². The number of hydrogen-bond donors (Lipinski definition) is 1. The summed E-state index contributed by atoms with van der Waals surface area (Å²) in [5.41, 5.74) is -0.925.